The van der Waals surface area contributed by atoms with Crippen molar-refractivity contribution in [3.63, 3.8) is 0 Å². The van der Waals surface area contributed by atoms with Crippen LogP contribution in [0, 0.1) is 34.5 Å². The molecule has 0 aromatic heterocycles. The molecule has 1 heterocycles. The molecule has 4 heteroatoms. The predicted molar refractivity (Wildman–Crippen MR) is 102 cm³/mol. The predicted octanol–water partition coefficient (Wildman–Crippen LogP) is 3.38. The van der Waals surface area contributed by atoms with Crippen molar-refractivity contribution in [3.8, 4) is 0 Å². The van der Waals surface area contributed by atoms with Crippen molar-refractivity contribution in [2.45, 2.75) is 64.4 Å². The highest BCUT2D eigenvalue weighted by molar-refractivity contribution is 5.85. The fourth-order valence-corrected chi connectivity index (χ4v) is 7.82. The Morgan fingerprint density at radius 1 is 1.22 bits per heavy atom. The normalized spacial score (nSPS) is 48.9. The lowest BCUT2D eigenvalue weighted by Crippen LogP contribution is -2.55. The molecule has 0 unspecified atom stereocenters. The number of allylic oxidation sites excluding steroid dienone is 2. The number of hydrogen-bond donors (Lipinski definition) is 2. The van der Waals surface area contributed by atoms with E-state index in [1.165, 1.54) is 12.0 Å². The number of carbonyl (C=O) groups is 1. The molecule has 1 aliphatic heterocycles. The van der Waals surface area contributed by atoms with E-state index in [-0.39, 0.29) is 29.5 Å². The van der Waals surface area contributed by atoms with Crippen molar-refractivity contribution in [2.24, 2.45) is 34.5 Å². The van der Waals surface area contributed by atoms with Crippen molar-refractivity contribution >= 4 is 5.97 Å². The quantitative estimate of drug-likeness (QED) is 0.576. The average molecular weight is 373 g/mol. The SMILES string of the molecule is C[C@@]12CC[C@@H]3[C@H](CC[C@H]4C[C@@H](O)CC[C@@]43CO)C1=CC[C@@H]2C1=CC(=O)OC1. The molecule has 5 aliphatic rings. The second-order valence-corrected chi connectivity index (χ2v) is 10.0. The van der Waals surface area contributed by atoms with E-state index in [2.05, 4.69) is 13.0 Å². The third-order valence-electron chi connectivity index (χ3n) is 9.17. The van der Waals surface area contributed by atoms with Crippen LogP contribution in [-0.4, -0.2) is 35.5 Å². The van der Waals surface area contributed by atoms with Gasteiger partial charge in [-0.05, 0) is 91.4 Å². The first-order valence-electron chi connectivity index (χ1n) is 10.8. The highest BCUT2D eigenvalue weighted by Crippen LogP contribution is 2.66. The summed E-state index contributed by atoms with van der Waals surface area (Å²) in [6.07, 6.45) is 12.3. The summed E-state index contributed by atoms with van der Waals surface area (Å²) in [4.78, 5) is 11.6. The van der Waals surface area contributed by atoms with Crippen LogP contribution in [0.4, 0.5) is 0 Å². The summed E-state index contributed by atoms with van der Waals surface area (Å²) >= 11 is 0. The monoisotopic (exact) mass is 372 g/mol. The summed E-state index contributed by atoms with van der Waals surface area (Å²) in [5.74, 6) is 1.79. The summed E-state index contributed by atoms with van der Waals surface area (Å²) < 4.78 is 5.21. The van der Waals surface area contributed by atoms with Gasteiger partial charge in [-0.15, -0.1) is 0 Å². The van der Waals surface area contributed by atoms with Crippen LogP contribution >= 0.6 is 0 Å². The maximum Gasteiger partial charge on any atom is 0.331 e. The number of cyclic esters (lactones) is 1. The Morgan fingerprint density at radius 3 is 2.81 bits per heavy atom. The molecule has 4 nitrogen and oxygen atoms in total. The van der Waals surface area contributed by atoms with Crippen LogP contribution in [-0.2, 0) is 9.53 Å². The summed E-state index contributed by atoms with van der Waals surface area (Å²) in [6.45, 7) is 3.14. The fourth-order valence-electron chi connectivity index (χ4n) is 7.82. The maximum atomic E-state index is 11.6. The molecule has 3 fully saturated rings. The highest BCUT2D eigenvalue weighted by Gasteiger charge is 2.59. The molecule has 27 heavy (non-hydrogen) atoms. The molecule has 0 spiro atoms. The second kappa shape index (κ2) is 6.18. The lowest BCUT2D eigenvalue weighted by atomic mass is 9.45. The van der Waals surface area contributed by atoms with E-state index in [9.17, 15) is 15.0 Å². The third-order valence-corrected chi connectivity index (χ3v) is 9.17. The van der Waals surface area contributed by atoms with Gasteiger partial charge in [0.15, 0.2) is 0 Å². The molecule has 0 saturated heterocycles. The van der Waals surface area contributed by atoms with Gasteiger partial charge in [-0.1, -0.05) is 18.6 Å². The van der Waals surface area contributed by atoms with Gasteiger partial charge in [0.2, 0.25) is 0 Å². The van der Waals surface area contributed by atoms with Crippen molar-refractivity contribution < 1.29 is 19.7 Å². The molecular weight excluding hydrogens is 340 g/mol. The van der Waals surface area contributed by atoms with Crippen LogP contribution in [0.1, 0.15) is 58.3 Å². The Kier molecular flexibility index (Phi) is 4.11. The van der Waals surface area contributed by atoms with Gasteiger partial charge in [0.1, 0.15) is 6.61 Å². The summed E-state index contributed by atoms with van der Waals surface area (Å²) in [5.41, 5.74) is 2.92. The van der Waals surface area contributed by atoms with Crippen LogP contribution in [0.2, 0.25) is 0 Å². The van der Waals surface area contributed by atoms with Crippen molar-refractivity contribution in [2.75, 3.05) is 13.2 Å². The molecule has 0 bridgehead atoms. The molecule has 0 radical (unpaired) electrons. The molecule has 3 saturated carbocycles. The number of rotatable bonds is 2. The zero-order chi connectivity index (χ0) is 18.8. The van der Waals surface area contributed by atoms with Gasteiger partial charge < -0.3 is 14.9 Å². The molecule has 148 valence electrons. The second-order valence-electron chi connectivity index (χ2n) is 10.0. The minimum Gasteiger partial charge on any atom is -0.458 e. The van der Waals surface area contributed by atoms with Crippen LogP contribution in [0.3, 0.4) is 0 Å². The highest BCUT2D eigenvalue weighted by atomic mass is 16.5. The van der Waals surface area contributed by atoms with Crippen molar-refractivity contribution in [3.05, 3.63) is 23.3 Å². The molecule has 2 N–H and O–H groups in total. The van der Waals surface area contributed by atoms with Gasteiger partial charge in [0.05, 0.1) is 6.10 Å². The Hall–Kier alpha value is -1.13. The Labute approximate surface area is 161 Å². The maximum absolute atomic E-state index is 11.6. The van der Waals surface area contributed by atoms with Crippen molar-refractivity contribution in [1.29, 1.82) is 0 Å². The Morgan fingerprint density at radius 2 is 2.07 bits per heavy atom. The number of aliphatic hydroxyl groups is 2. The number of ether oxygens (including phenoxy) is 1. The van der Waals surface area contributed by atoms with Gasteiger partial charge >= 0.3 is 5.97 Å². The number of esters is 1. The minimum atomic E-state index is -0.184. The minimum absolute atomic E-state index is 0.00804. The number of aliphatic hydroxyl groups excluding tert-OH is 2. The van der Waals surface area contributed by atoms with Crippen LogP contribution in [0.25, 0.3) is 0 Å². The van der Waals surface area contributed by atoms with E-state index in [0.717, 1.165) is 44.9 Å². The molecule has 7 atom stereocenters. The number of fused-ring (bicyclic) bond motifs is 5. The first kappa shape index (κ1) is 17.9. The Balaban J connectivity index is 1.45. The smallest absolute Gasteiger partial charge is 0.331 e. The van der Waals surface area contributed by atoms with E-state index < -0.39 is 0 Å². The molecule has 0 amide bonds. The summed E-state index contributed by atoms with van der Waals surface area (Å²) in [7, 11) is 0. The van der Waals surface area contributed by atoms with Crippen molar-refractivity contribution in [1.82, 2.24) is 0 Å². The molecule has 5 rings (SSSR count). The van der Waals surface area contributed by atoms with E-state index in [4.69, 9.17) is 4.74 Å². The zero-order valence-corrected chi connectivity index (χ0v) is 16.3. The van der Waals surface area contributed by atoms with Gasteiger partial charge in [-0.3, -0.25) is 0 Å². The molecule has 0 aromatic carbocycles. The number of hydrogen-bond acceptors (Lipinski definition) is 4. The zero-order valence-electron chi connectivity index (χ0n) is 16.3. The van der Waals surface area contributed by atoms with Crippen LogP contribution in [0.5, 0.6) is 0 Å². The molecule has 4 aliphatic carbocycles. The van der Waals surface area contributed by atoms with Crippen LogP contribution < -0.4 is 0 Å². The van der Waals surface area contributed by atoms with Crippen LogP contribution in [0.15, 0.2) is 23.3 Å². The first-order valence-corrected chi connectivity index (χ1v) is 10.8. The average Bonchev–Trinajstić information content (AvgIpc) is 3.23. The molecule has 0 aromatic rings. The summed E-state index contributed by atoms with van der Waals surface area (Å²) in [5, 5.41) is 20.7. The lowest BCUT2D eigenvalue weighted by Gasteiger charge is -2.60. The first-order chi connectivity index (χ1) is 13.0. The lowest BCUT2D eigenvalue weighted by molar-refractivity contribution is -0.135. The topological polar surface area (TPSA) is 66.8 Å². The fraction of sp³-hybridized carbons (Fsp3) is 0.783. The molecular formula is C23H32O4. The van der Waals surface area contributed by atoms with E-state index >= 15 is 0 Å². The van der Waals surface area contributed by atoms with E-state index in [0.29, 0.717) is 30.3 Å². The van der Waals surface area contributed by atoms with E-state index in [1.807, 2.05) is 0 Å². The third kappa shape index (κ3) is 2.45. The summed E-state index contributed by atoms with van der Waals surface area (Å²) in [6, 6.07) is 0. The van der Waals surface area contributed by atoms with Gasteiger partial charge in [-0.25, -0.2) is 4.79 Å². The Bertz CT molecular complexity index is 709. The van der Waals surface area contributed by atoms with E-state index in [1.54, 1.807) is 11.6 Å². The van der Waals surface area contributed by atoms with Gasteiger partial charge in [0.25, 0.3) is 0 Å². The largest absolute Gasteiger partial charge is 0.458 e. The standard InChI is InChI=1S/C23H32O4/c1-22-8-7-20-17(3-2-15-11-16(25)6-9-23(15,20)13-24)19(22)5-4-18(22)14-10-21(26)27-12-14/h5,10,15-18,20,24-25H,2-4,6-9,11-13H2,1H3/t15-,16-,17+,18+,20+,22-,23+/m0/s1. The van der Waals surface area contributed by atoms with Gasteiger partial charge in [-0.2, -0.15) is 0 Å². The van der Waals surface area contributed by atoms with Gasteiger partial charge in [0, 0.05) is 12.7 Å². The number of carbonyl (C=O) groups excluding carboxylic acids is 1.